The number of carbonyl (C=O) groups is 1. The molecule has 8 nitrogen and oxygen atoms in total. The zero-order chi connectivity index (χ0) is 23.1. The van der Waals surface area contributed by atoms with E-state index in [2.05, 4.69) is 20.7 Å². The SMILES string of the molecule is CCn1c(SCC(=O)NN=Cc2c(Cl)cccc2Cl)nnc1-c1ccc(OC)c(OC)c1. The Kier molecular flexibility index (Phi) is 8.38. The van der Waals surface area contributed by atoms with Gasteiger partial charge in [0.15, 0.2) is 22.5 Å². The van der Waals surface area contributed by atoms with Gasteiger partial charge in [-0.3, -0.25) is 4.79 Å². The lowest BCUT2D eigenvalue weighted by atomic mass is 10.2. The second kappa shape index (κ2) is 11.2. The fraction of sp³-hybridized carbons (Fsp3) is 0.238. The van der Waals surface area contributed by atoms with Crippen LogP contribution >= 0.6 is 35.0 Å². The quantitative estimate of drug-likeness (QED) is 0.267. The largest absolute Gasteiger partial charge is 0.493 e. The van der Waals surface area contributed by atoms with Gasteiger partial charge in [0, 0.05) is 17.7 Å². The Morgan fingerprint density at radius 2 is 1.88 bits per heavy atom. The summed E-state index contributed by atoms with van der Waals surface area (Å²) in [7, 11) is 3.16. The Morgan fingerprint density at radius 3 is 2.53 bits per heavy atom. The van der Waals surface area contributed by atoms with Gasteiger partial charge >= 0.3 is 0 Å². The summed E-state index contributed by atoms with van der Waals surface area (Å²) in [4.78, 5) is 12.2. The number of nitrogens with one attached hydrogen (secondary N) is 1. The van der Waals surface area contributed by atoms with E-state index in [0.29, 0.717) is 44.6 Å². The molecule has 0 saturated heterocycles. The molecular formula is C21H21Cl2N5O3S. The van der Waals surface area contributed by atoms with E-state index >= 15 is 0 Å². The number of hydrogen-bond donors (Lipinski definition) is 1. The molecule has 1 N–H and O–H groups in total. The van der Waals surface area contributed by atoms with Crippen LogP contribution in [0.25, 0.3) is 11.4 Å². The molecule has 1 aromatic heterocycles. The van der Waals surface area contributed by atoms with Crippen molar-refractivity contribution in [2.45, 2.75) is 18.6 Å². The van der Waals surface area contributed by atoms with E-state index in [1.807, 2.05) is 29.7 Å². The second-order valence-corrected chi connectivity index (χ2v) is 8.09. The number of hydrogen-bond acceptors (Lipinski definition) is 7. The third kappa shape index (κ3) is 5.53. The first-order valence-electron chi connectivity index (χ1n) is 9.52. The predicted octanol–water partition coefficient (Wildman–Crippen LogP) is 4.53. The van der Waals surface area contributed by atoms with Crippen LogP contribution in [0.15, 0.2) is 46.7 Å². The minimum Gasteiger partial charge on any atom is -0.493 e. The van der Waals surface area contributed by atoms with Gasteiger partial charge < -0.3 is 14.0 Å². The Balaban J connectivity index is 1.67. The van der Waals surface area contributed by atoms with E-state index < -0.39 is 0 Å². The molecular weight excluding hydrogens is 473 g/mol. The molecule has 168 valence electrons. The highest BCUT2D eigenvalue weighted by molar-refractivity contribution is 7.99. The maximum Gasteiger partial charge on any atom is 0.250 e. The maximum atomic E-state index is 12.2. The third-order valence-electron chi connectivity index (χ3n) is 4.39. The first-order chi connectivity index (χ1) is 15.5. The molecule has 0 bridgehead atoms. The molecule has 0 atom stereocenters. The van der Waals surface area contributed by atoms with E-state index in [-0.39, 0.29) is 11.7 Å². The number of amides is 1. The first kappa shape index (κ1) is 23.9. The predicted molar refractivity (Wildman–Crippen MR) is 127 cm³/mol. The Hall–Kier alpha value is -2.75. The molecule has 32 heavy (non-hydrogen) atoms. The van der Waals surface area contributed by atoms with Crippen LogP contribution in [0, 0.1) is 0 Å². The summed E-state index contributed by atoms with van der Waals surface area (Å²) in [5, 5.41) is 14.0. The molecule has 1 amide bonds. The number of thioether (sulfide) groups is 1. The van der Waals surface area contributed by atoms with Gasteiger partial charge in [-0.1, -0.05) is 41.0 Å². The van der Waals surface area contributed by atoms with E-state index in [9.17, 15) is 4.79 Å². The average Bonchev–Trinajstić information content (AvgIpc) is 3.22. The van der Waals surface area contributed by atoms with Crippen molar-refractivity contribution in [3.05, 3.63) is 52.0 Å². The summed E-state index contributed by atoms with van der Waals surface area (Å²) in [6.45, 7) is 2.61. The van der Waals surface area contributed by atoms with Crippen LogP contribution < -0.4 is 14.9 Å². The van der Waals surface area contributed by atoms with Crippen molar-refractivity contribution in [2.24, 2.45) is 5.10 Å². The van der Waals surface area contributed by atoms with Crippen molar-refractivity contribution in [3.8, 4) is 22.9 Å². The molecule has 3 rings (SSSR count). The van der Waals surface area contributed by atoms with Gasteiger partial charge in [-0.25, -0.2) is 5.43 Å². The zero-order valence-corrected chi connectivity index (χ0v) is 20.0. The lowest BCUT2D eigenvalue weighted by Gasteiger charge is -2.10. The molecule has 2 aromatic carbocycles. The third-order valence-corrected chi connectivity index (χ3v) is 6.02. The molecule has 0 fully saturated rings. The number of methoxy groups -OCH3 is 2. The van der Waals surface area contributed by atoms with Gasteiger partial charge in [0.25, 0.3) is 5.91 Å². The van der Waals surface area contributed by atoms with Crippen LogP contribution in [0.4, 0.5) is 0 Å². The highest BCUT2D eigenvalue weighted by atomic mass is 35.5. The number of halogens is 2. The van der Waals surface area contributed by atoms with Gasteiger partial charge in [-0.15, -0.1) is 10.2 Å². The Bertz CT molecular complexity index is 1120. The van der Waals surface area contributed by atoms with Crippen LogP contribution in [0.3, 0.4) is 0 Å². The van der Waals surface area contributed by atoms with E-state index in [4.69, 9.17) is 32.7 Å². The summed E-state index contributed by atoms with van der Waals surface area (Å²) >= 11 is 13.4. The summed E-state index contributed by atoms with van der Waals surface area (Å²) < 4.78 is 12.6. The van der Waals surface area contributed by atoms with Crippen molar-refractivity contribution in [2.75, 3.05) is 20.0 Å². The Morgan fingerprint density at radius 1 is 1.16 bits per heavy atom. The molecule has 0 radical (unpaired) electrons. The highest BCUT2D eigenvalue weighted by Crippen LogP contribution is 2.32. The van der Waals surface area contributed by atoms with Crippen LogP contribution in [-0.4, -0.2) is 46.9 Å². The van der Waals surface area contributed by atoms with E-state index in [0.717, 1.165) is 5.56 Å². The maximum absolute atomic E-state index is 12.2. The summed E-state index contributed by atoms with van der Waals surface area (Å²) in [5.41, 5.74) is 3.83. The normalized spacial score (nSPS) is 11.0. The van der Waals surface area contributed by atoms with Gasteiger partial charge in [0.05, 0.1) is 36.2 Å². The monoisotopic (exact) mass is 493 g/mol. The number of hydrazone groups is 1. The fourth-order valence-electron chi connectivity index (χ4n) is 2.83. The summed E-state index contributed by atoms with van der Waals surface area (Å²) in [6.07, 6.45) is 1.41. The number of nitrogens with zero attached hydrogens (tertiary/aromatic N) is 4. The highest BCUT2D eigenvalue weighted by Gasteiger charge is 2.16. The topological polar surface area (TPSA) is 90.6 Å². The molecule has 0 saturated carbocycles. The van der Waals surface area contributed by atoms with Crippen LogP contribution in [0.2, 0.25) is 10.0 Å². The zero-order valence-electron chi connectivity index (χ0n) is 17.6. The molecule has 0 aliphatic carbocycles. The van der Waals surface area contributed by atoms with Crippen LogP contribution in [-0.2, 0) is 11.3 Å². The van der Waals surface area contributed by atoms with Gasteiger partial charge in [-0.2, -0.15) is 5.10 Å². The molecule has 11 heteroatoms. The van der Waals surface area contributed by atoms with Gasteiger partial charge in [0.1, 0.15) is 0 Å². The van der Waals surface area contributed by atoms with Crippen LogP contribution in [0.5, 0.6) is 11.5 Å². The van der Waals surface area contributed by atoms with Crippen molar-refractivity contribution in [1.29, 1.82) is 0 Å². The number of ether oxygens (including phenoxy) is 2. The molecule has 0 aliphatic heterocycles. The lowest BCUT2D eigenvalue weighted by Crippen LogP contribution is -2.20. The first-order valence-corrected chi connectivity index (χ1v) is 11.3. The number of carbonyl (C=O) groups excluding carboxylic acids is 1. The van der Waals surface area contributed by atoms with Crippen molar-refractivity contribution in [1.82, 2.24) is 20.2 Å². The van der Waals surface area contributed by atoms with E-state index in [1.54, 1.807) is 32.4 Å². The lowest BCUT2D eigenvalue weighted by molar-refractivity contribution is -0.118. The molecule has 0 spiro atoms. The fourth-order valence-corrected chi connectivity index (χ4v) is 4.12. The number of benzene rings is 2. The number of aromatic nitrogens is 3. The Labute approximate surface area is 199 Å². The molecule has 3 aromatic rings. The minimum absolute atomic E-state index is 0.109. The van der Waals surface area contributed by atoms with Crippen LogP contribution in [0.1, 0.15) is 12.5 Å². The van der Waals surface area contributed by atoms with Gasteiger partial charge in [-0.05, 0) is 37.3 Å². The minimum atomic E-state index is -0.298. The number of rotatable bonds is 9. The summed E-state index contributed by atoms with van der Waals surface area (Å²) in [5.74, 6) is 1.71. The standard InChI is InChI=1S/C21H21Cl2N5O3S/c1-4-28-20(13-8-9-17(30-2)18(10-13)31-3)26-27-21(28)32-12-19(29)25-24-11-14-15(22)6-5-7-16(14)23/h5-11H,4,12H2,1-3H3,(H,25,29). The molecule has 1 heterocycles. The smallest absolute Gasteiger partial charge is 0.250 e. The van der Waals surface area contributed by atoms with Gasteiger partial charge in [0.2, 0.25) is 0 Å². The van der Waals surface area contributed by atoms with E-state index in [1.165, 1.54) is 18.0 Å². The molecule has 0 aliphatic rings. The average molecular weight is 494 g/mol. The summed E-state index contributed by atoms with van der Waals surface area (Å²) in [6, 6.07) is 10.7. The second-order valence-electron chi connectivity index (χ2n) is 6.34. The van der Waals surface area contributed by atoms with Crippen molar-refractivity contribution >= 4 is 47.1 Å². The molecule has 0 unspecified atom stereocenters. The van der Waals surface area contributed by atoms with Crippen molar-refractivity contribution < 1.29 is 14.3 Å². The van der Waals surface area contributed by atoms with Crippen molar-refractivity contribution in [3.63, 3.8) is 0 Å².